The summed E-state index contributed by atoms with van der Waals surface area (Å²) in [7, 11) is 1.84. The molecule has 0 bridgehead atoms. The summed E-state index contributed by atoms with van der Waals surface area (Å²) in [6.45, 7) is 0. The maximum Gasteiger partial charge on any atom is 0.190 e. The number of benzene rings is 1. The van der Waals surface area contributed by atoms with Crippen molar-refractivity contribution in [3.63, 3.8) is 0 Å². The predicted octanol–water partition coefficient (Wildman–Crippen LogP) is 2.01. The zero-order valence-corrected chi connectivity index (χ0v) is 11.4. The van der Waals surface area contributed by atoms with Crippen molar-refractivity contribution >= 4 is 33.5 Å². The third-order valence-electron chi connectivity index (χ3n) is 2.11. The number of nitrogens with two attached hydrogens (primary N) is 1. The molecule has 0 fully saturated rings. The minimum absolute atomic E-state index is 0.0564. The number of nitrogen functional groups attached to an aromatic ring is 1. The van der Waals surface area contributed by atoms with E-state index in [1.165, 1.54) is 18.1 Å². The molecule has 0 aliphatic heterocycles. The highest BCUT2D eigenvalue weighted by Crippen LogP contribution is 2.32. The Bertz CT molecular complexity index is 566. The molecule has 0 unspecified atom stereocenters. The topological polar surface area (TPSA) is 80.6 Å². The Hall–Kier alpha value is -1.34. The molecule has 0 spiro atoms. The molecule has 88 valence electrons. The first-order chi connectivity index (χ1) is 8.08. The molecule has 1 aromatic carbocycles. The molecule has 2 aromatic rings. The molecular weight excluding hydrogens is 302 g/mol. The minimum atomic E-state index is 0.0564. The molecular formula is C10H10BrN5S. The van der Waals surface area contributed by atoms with Gasteiger partial charge in [0, 0.05) is 22.0 Å². The van der Waals surface area contributed by atoms with Crippen molar-refractivity contribution in [1.82, 2.24) is 14.8 Å². The maximum absolute atomic E-state index is 7.36. The van der Waals surface area contributed by atoms with Gasteiger partial charge >= 0.3 is 0 Å². The number of aryl methyl sites for hydroxylation is 1. The number of aromatic nitrogens is 3. The SMILES string of the molecule is Cn1ncnc1Sc1ccc(C(=N)N)cc1Br. The standard InChI is InChI=1S/C10H10BrN5S/c1-16-10(14-5-15-16)17-8-3-2-6(9(12)13)4-7(8)11/h2-5H,1H3,(H3,12,13). The lowest BCUT2D eigenvalue weighted by atomic mass is 10.2. The van der Waals surface area contributed by atoms with E-state index in [0.717, 1.165) is 14.5 Å². The lowest BCUT2D eigenvalue weighted by Gasteiger charge is -2.05. The van der Waals surface area contributed by atoms with E-state index in [1.807, 2.05) is 25.2 Å². The maximum atomic E-state index is 7.36. The van der Waals surface area contributed by atoms with Crippen molar-refractivity contribution in [2.45, 2.75) is 10.1 Å². The highest BCUT2D eigenvalue weighted by molar-refractivity contribution is 9.10. The van der Waals surface area contributed by atoms with Gasteiger partial charge in [-0.1, -0.05) is 6.07 Å². The van der Waals surface area contributed by atoms with E-state index in [-0.39, 0.29) is 5.84 Å². The van der Waals surface area contributed by atoms with Crippen molar-refractivity contribution in [2.75, 3.05) is 0 Å². The number of hydrogen-bond donors (Lipinski definition) is 2. The van der Waals surface area contributed by atoms with Crippen LogP contribution >= 0.6 is 27.7 Å². The van der Waals surface area contributed by atoms with Crippen molar-refractivity contribution < 1.29 is 0 Å². The first-order valence-electron chi connectivity index (χ1n) is 4.73. The van der Waals surface area contributed by atoms with Gasteiger partial charge in [0.25, 0.3) is 0 Å². The Kier molecular flexibility index (Phi) is 3.49. The van der Waals surface area contributed by atoms with E-state index >= 15 is 0 Å². The molecule has 5 nitrogen and oxygen atoms in total. The van der Waals surface area contributed by atoms with Crippen molar-refractivity contribution in [3.05, 3.63) is 34.6 Å². The predicted molar refractivity (Wildman–Crippen MR) is 70.3 cm³/mol. The fourth-order valence-electron chi connectivity index (χ4n) is 1.23. The molecule has 0 aliphatic rings. The first kappa shape index (κ1) is 12.1. The van der Waals surface area contributed by atoms with Gasteiger partial charge in [-0.2, -0.15) is 5.10 Å². The van der Waals surface area contributed by atoms with Gasteiger partial charge in [-0.15, -0.1) is 0 Å². The van der Waals surface area contributed by atoms with Gasteiger partial charge in [0.15, 0.2) is 5.16 Å². The summed E-state index contributed by atoms with van der Waals surface area (Å²) in [5.74, 6) is 0.0564. The van der Waals surface area contributed by atoms with Crippen LogP contribution in [-0.2, 0) is 7.05 Å². The zero-order valence-electron chi connectivity index (χ0n) is 9.01. The Morgan fingerprint density at radius 3 is 2.82 bits per heavy atom. The van der Waals surface area contributed by atoms with E-state index in [4.69, 9.17) is 11.1 Å². The van der Waals surface area contributed by atoms with Crippen LogP contribution < -0.4 is 5.73 Å². The Morgan fingerprint density at radius 1 is 1.53 bits per heavy atom. The van der Waals surface area contributed by atoms with Crippen LogP contribution in [0.3, 0.4) is 0 Å². The third kappa shape index (κ3) is 2.67. The van der Waals surface area contributed by atoms with Gasteiger partial charge in [-0.3, -0.25) is 5.41 Å². The molecule has 3 N–H and O–H groups in total. The number of rotatable bonds is 3. The molecule has 0 amide bonds. The zero-order chi connectivity index (χ0) is 12.4. The van der Waals surface area contributed by atoms with E-state index < -0.39 is 0 Å². The molecule has 0 aliphatic carbocycles. The average Bonchev–Trinajstić information content (AvgIpc) is 2.67. The Morgan fingerprint density at radius 2 is 2.29 bits per heavy atom. The van der Waals surface area contributed by atoms with Gasteiger partial charge in [-0.05, 0) is 39.8 Å². The molecule has 1 heterocycles. The largest absolute Gasteiger partial charge is 0.384 e. The van der Waals surface area contributed by atoms with Crippen LogP contribution in [0.2, 0.25) is 0 Å². The van der Waals surface area contributed by atoms with Crippen LogP contribution in [-0.4, -0.2) is 20.6 Å². The quantitative estimate of drug-likeness (QED) is 0.671. The summed E-state index contributed by atoms with van der Waals surface area (Å²) < 4.78 is 2.59. The summed E-state index contributed by atoms with van der Waals surface area (Å²) in [4.78, 5) is 5.14. The van der Waals surface area contributed by atoms with E-state index in [1.54, 1.807) is 4.68 Å². The monoisotopic (exact) mass is 311 g/mol. The summed E-state index contributed by atoms with van der Waals surface area (Å²) >= 11 is 4.95. The molecule has 0 saturated heterocycles. The molecule has 1 aromatic heterocycles. The molecule has 2 rings (SSSR count). The Labute approximate surface area is 111 Å². The van der Waals surface area contributed by atoms with Crippen molar-refractivity contribution in [1.29, 1.82) is 5.41 Å². The normalized spacial score (nSPS) is 10.5. The van der Waals surface area contributed by atoms with Crippen LogP contribution in [0.1, 0.15) is 5.56 Å². The smallest absolute Gasteiger partial charge is 0.190 e. The van der Waals surface area contributed by atoms with Gasteiger partial charge < -0.3 is 5.73 Å². The van der Waals surface area contributed by atoms with E-state index in [2.05, 4.69) is 26.0 Å². The van der Waals surface area contributed by atoms with E-state index in [0.29, 0.717) is 5.56 Å². The molecule has 7 heteroatoms. The lowest BCUT2D eigenvalue weighted by Crippen LogP contribution is -2.10. The fraction of sp³-hybridized carbons (Fsp3) is 0.100. The molecule has 0 atom stereocenters. The van der Waals surface area contributed by atoms with Crippen LogP contribution in [0.5, 0.6) is 0 Å². The fourth-order valence-corrected chi connectivity index (χ4v) is 2.62. The summed E-state index contributed by atoms with van der Waals surface area (Å²) in [6.07, 6.45) is 1.51. The molecule has 0 radical (unpaired) electrons. The van der Waals surface area contributed by atoms with Gasteiger partial charge in [0.2, 0.25) is 0 Å². The van der Waals surface area contributed by atoms with Gasteiger partial charge in [0.05, 0.1) is 0 Å². The van der Waals surface area contributed by atoms with Crippen LogP contribution in [0.4, 0.5) is 0 Å². The second-order valence-corrected chi connectivity index (χ2v) is 5.19. The lowest BCUT2D eigenvalue weighted by molar-refractivity contribution is 0.685. The summed E-state index contributed by atoms with van der Waals surface area (Å²) in [6, 6.07) is 5.53. The van der Waals surface area contributed by atoms with E-state index in [9.17, 15) is 0 Å². The van der Waals surface area contributed by atoms with Gasteiger partial charge in [-0.25, -0.2) is 9.67 Å². The third-order valence-corrected chi connectivity index (χ3v) is 4.16. The number of nitrogens with one attached hydrogen (secondary N) is 1. The Balaban J connectivity index is 2.29. The number of halogens is 1. The molecule has 17 heavy (non-hydrogen) atoms. The number of amidine groups is 1. The highest BCUT2D eigenvalue weighted by atomic mass is 79.9. The summed E-state index contributed by atoms with van der Waals surface area (Å²) in [5, 5.41) is 12.2. The minimum Gasteiger partial charge on any atom is -0.384 e. The van der Waals surface area contributed by atoms with Crippen LogP contribution in [0, 0.1) is 5.41 Å². The second kappa shape index (κ2) is 4.89. The van der Waals surface area contributed by atoms with Crippen LogP contribution in [0.15, 0.2) is 39.1 Å². The first-order valence-corrected chi connectivity index (χ1v) is 6.34. The highest BCUT2D eigenvalue weighted by Gasteiger charge is 2.08. The number of hydrogen-bond acceptors (Lipinski definition) is 4. The van der Waals surface area contributed by atoms with Crippen LogP contribution in [0.25, 0.3) is 0 Å². The second-order valence-electron chi connectivity index (χ2n) is 3.33. The summed E-state index contributed by atoms with van der Waals surface area (Å²) in [5.41, 5.74) is 6.12. The van der Waals surface area contributed by atoms with Crippen molar-refractivity contribution in [2.24, 2.45) is 12.8 Å². The van der Waals surface area contributed by atoms with Crippen molar-refractivity contribution in [3.8, 4) is 0 Å². The molecule has 0 saturated carbocycles. The van der Waals surface area contributed by atoms with Gasteiger partial charge in [0.1, 0.15) is 12.2 Å². The number of nitrogens with zero attached hydrogens (tertiary/aromatic N) is 3. The average molecular weight is 312 g/mol.